The first-order valence-electron chi connectivity index (χ1n) is 12.3. The minimum absolute atomic E-state index is 0.102. The van der Waals surface area contributed by atoms with E-state index >= 15 is 0 Å². The average Bonchev–Trinajstić information content (AvgIpc) is 3.38. The summed E-state index contributed by atoms with van der Waals surface area (Å²) in [6.45, 7) is 3.78. The van der Waals surface area contributed by atoms with Crippen molar-refractivity contribution in [1.29, 1.82) is 0 Å². The summed E-state index contributed by atoms with van der Waals surface area (Å²) in [4.78, 5) is 4.39. The van der Waals surface area contributed by atoms with Crippen LogP contribution >= 0.6 is 11.3 Å². The van der Waals surface area contributed by atoms with Gasteiger partial charge >= 0.3 is 6.11 Å². The Morgan fingerprint density at radius 3 is 2.00 bits per heavy atom. The van der Waals surface area contributed by atoms with Crippen LogP contribution in [0.2, 0.25) is 0 Å². The molecule has 1 heterocycles. The topological polar surface area (TPSA) is 22.1 Å². The molecule has 2 nitrogen and oxygen atoms in total. The van der Waals surface area contributed by atoms with Gasteiger partial charge in [-0.15, -0.1) is 11.3 Å². The van der Waals surface area contributed by atoms with E-state index in [2.05, 4.69) is 16.3 Å². The molecule has 0 amide bonds. The van der Waals surface area contributed by atoms with Gasteiger partial charge in [0.05, 0.1) is 10.2 Å². The second-order valence-corrected chi connectivity index (χ2v) is 10.4. The van der Waals surface area contributed by atoms with Crippen molar-refractivity contribution in [2.75, 3.05) is 0 Å². The van der Waals surface area contributed by atoms with Gasteiger partial charge in [-0.3, -0.25) is 0 Å². The van der Waals surface area contributed by atoms with E-state index in [4.69, 9.17) is 0 Å². The van der Waals surface area contributed by atoms with Crippen molar-refractivity contribution in [3.8, 4) is 27.4 Å². The molecule has 6 rings (SSSR count). The zero-order valence-corrected chi connectivity index (χ0v) is 22.0. The van der Waals surface area contributed by atoms with Crippen LogP contribution in [0, 0.1) is 29.1 Å². The van der Waals surface area contributed by atoms with Gasteiger partial charge in [0.1, 0.15) is 28.0 Å². The van der Waals surface area contributed by atoms with Gasteiger partial charge in [-0.05, 0) is 63.9 Å². The lowest BCUT2D eigenvalue weighted by molar-refractivity contribution is -0.189. The molecular formula is C32H16F7NOS. The first-order valence-corrected chi connectivity index (χ1v) is 13.1. The normalized spacial score (nSPS) is 11.8. The van der Waals surface area contributed by atoms with Crippen molar-refractivity contribution in [3.05, 3.63) is 126 Å². The third-order valence-electron chi connectivity index (χ3n) is 6.61. The van der Waals surface area contributed by atoms with Gasteiger partial charge in [0, 0.05) is 17.7 Å². The number of nitrogens with zero attached hydrogens (tertiary/aromatic N) is 1. The van der Waals surface area contributed by atoms with Crippen molar-refractivity contribution in [2.24, 2.45) is 0 Å². The number of benzene rings is 5. The Hall–Kier alpha value is -4.70. The number of hydrogen-bond acceptors (Lipinski definition) is 3. The summed E-state index contributed by atoms with van der Waals surface area (Å²) >= 11 is 1.11. The van der Waals surface area contributed by atoms with Crippen molar-refractivity contribution in [1.82, 2.24) is 4.98 Å². The Labute approximate surface area is 238 Å². The molecule has 0 aliphatic heterocycles. The minimum atomic E-state index is -4.68. The van der Waals surface area contributed by atoms with Gasteiger partial charge in [0.2, 0.25) is 0 Å². The SMILES string of the molecule is C=Cc1ccc2cc(-c3ccc4nc(-c5cc(F)c(C(F)(F)Oc6cc(F)c(F)c(F)c6)c(F)c5)sc4c3)ccc2c1. The molecule has 0 radical (unpaired) electrons. The fourth-order valence-electron chi connectivity index (χ4n) is 4.56. The van der Waals surface area contributed by atoms with E-state index in [1.807, 2.05) is 48.5 Å². The maximum Gasteiger partial charge on any atom is 0.432 e. The molecule has 10 heteroatoms. The van der Waals surface area contributed by atoms with Gasteiger partial charge in [0.15, 0.2) is 17.5 Å². The number of hydrogen-bond donors (Lipinski definition) is 0. The third-order valence-corrected chi connectivity index (χ3v) is 7.67. The Morgan fingerprint density at radius 1 is 0.690 bits per heavy atom. The van der Waals surface area contributed by atoms with Gasteiger partial charge in [0.25, 0.3) is 0 Å². The molecule has 0 fully saturated rings. The minimum Gasteiger partial charge on any atom is -0.429 e. The van der Waals surface area contributed by atoms with E-state index in [1.54, 1.807) is 12.1 Å². The lowest BCUT2D eigenvalue weighted by atomic mass is 10.00. The fraction of sp³-hybridized carbons (Fsp3) is 0.0312. The van der Waals surface area contributed by atoms with Crippen molar-refractivity contribution in [3.63, 3.8) is 0 Å². The van der Waals surface area contributed by atoms with E-state index in [0.29, 0.717) is 22.3 Å². The van der Waals surface area contributed by atoms with Crippen molar-refractivity contribution >= 4 is 38.4 Å². The van der Waals surface area contributed by atoms with Crippen LogP contribution in [-0.2, 0) is 6.11 Å². The Balaban J connectivity index is 1.31. The monoisotopic (exact) mass is 595 g/mol. The van der Waals surface area contributed by atoms with Crippen LogP contribution in [0.25, 0.3) is 48.8 Å². The molecule has 0 atom stereocenters. The second kappa shape index (κ2) is 10.3. The number of halogens is 7. The highest BCUT2D eigenvalue weighted by molar-refractivity contribution is 7.21. The summed E-state index contributed by atoms with van der Waals surface area (Å²) in [7, 11) is 0. The highest BCUT2D eigenvalue weighted by Gasteiger charge is 2.41. The summed E-state index contributed by atoms with van der Waals surface area (Å²) in [5, 5.41) is 2.26. The molecule has 42 heavy (non-hydrogen) atoms. The van der Waals surface area contributed by atoms with Crippen molar-refractivity contribution in [2.45, 2.75) is 6.11 Å². The second-order valence-electron chi connectivity index (χ2n) is 9.36. The largest absolute Gasteiger partial charge is 0.432 e. The molecule has 0 bridgehead atoms. The maximum absolute atomic E-state index is 14.9. The summed E-state index contributed by atoms with van der Waals surface area (Å²) < 4.78 is 104. The van der Waals surface area contributed by atoms with Crippen LogP contribution in [0.4, 0.5) is 30.7 Å². The molecule has 0 aliphatic carbocycles. The number of rotatable bonds is 6. The Kier molecular flexibility index (Phi) is 6.73. The van der Waals surface area contributed by atoms with E-state index < -0.39 is 46.5 Å². The summed E-state index contributed by atoms with van der Waals surface area (Å²) in [5.41, 5.74) is 1.48. The molecule has 0 saturated heterocycles. The molecule has 0 aliphatic rings. The van der Waals surface area contributed by atoms with Gasteiger partial charge < -0.3 is 4.74 Å². The lowest BCUT2D eigenvalue weighted by Gasteiger charge is -2.20. The van der Waals surface area contributed by atoms with Crippen LogP contribution in [0.15, 0.2) is 85.4 Å². The van der Waals surface area contributed by atoms with Crippen LogP contribution < -0.4 is 4.74 Å². The average molecular weight is 596 g/mol. The first-order chi connectivity index (χ1) is 20.0. The van der Waals surface area contributed by atoms with Gasteiger partial charge in [-0.1, -0.05) is 43.0 Å². The molecule has 6 aromatic rings. The molecule has 0 spiro atoms. The van der Waals surface area contributed by atoms with E-state index in [0.717, 1.165) is 38.8 Å². The molecule has 0 unspecified atom stereocenters. The zero-order chi connectivity index (χ0) is 29.8. The van der Waals surface area contributed by atoms with E-state index in [1.165, 1.54) is 0 Å². The van der Waals surface area contributed by atoms with E-state index in [-0.39, 0.29) is 22.7 Å². The first kappa shape index (κ1) is 27.5. The maximum atomic E-state index is 14.9. The molecule has 5 aromatic carbocycles. The highest BCUT2D eigenvalue weighted by atomic mass is 32.1. The Morgan fingerprint density at radius 2 is 1.31 bits per heavy atom. The third kappa shape index (κ3) is 4.98. The highest BCUT2D eigenvalue weighted by Crippen LogP contribution is 2.39. The van der Waals surface area contributed by atoms with Crippen molar-refractivity contribution < 1.29 is 35.5 Å². The van der Waals surface area contributed by atoms with Crippen LogP contribution in [-0.4, -0.2) is 4.98 Å². The smallest absolute Gasteiger partial charge is 0.429 e. The van der Waals surface area contributed by atoms with Crippen LogP contribution in [0.3, 0.4) is 0 Å². The van der Waals surface area contributed by atoms with Crippen LogP contribution in [0.5, 0.6) is 5.75 Å². The van der Waals surface area contributed by atoms with Gasteiger partial charge in [-0.2, -0.15) is 8.78 Å². The predicted octanol–water partition coefficient (Wildman–Crippen LogP) is 10.3. The lowest BCUT2D eigenvalue weighted by Crippen LogP contribution is -2.25. The fourth-order valence-corrected chi connectivity index (χ4v) is 5.56. The quantitative estimate of drug-likeness (QED) is 0.141. The zero-order valence-electron chi connectivity index (χ0n) is 21.2. The molecule has 0 N–H and O–H groups in total. The number of thiazole rings is 1. The molecule has 1 aromatic heterocycles. The predicted molar refractivity (Wildman–Crippen MR) is 149 cm³/mol. The van der Waals surface area contributed by atoms with Crippen LogP contribution in [0.1, 0.15) is 11.1 Å². The molecule has 0 saturated carbocycles. The standard InChI is InChI=1S/C32H16F7NOS/c1-2-16-3-4-18-10-19(6-5-17(18)9-16)20-7-8-27-28(13-20)42-31(40-27)21-11-23(33)29(24(34)12-21)32(38,39)41-22-14-25(35)30(37)26(36)15-22/h2-15H,1H2. The summed E-state index contributed by atoms with van der Waals surface area (Å²) in [5.74, 6) is -10.0. The van der Waals surface area contributed by atoms with E-state index in [9.17, 15) is 30.7 Å². The number of alkyl halides is 2. The molecular weight excluding hydrogens is 579 g/mol. The number of ether oxygens (including phenoxy) is 1. The molecule has 210 valence electrons. The number of fused-ring (bicyclic) bond motifs is 2. The number of aromatic nitrogens is 1. The Bertz CT molecular complexity index is 1990. The summed E-state index contributed by atoms with van der Waals surface area (Å²) in [6.07, 6.45) is -2.91. The summed E-state index contributed by atoms with van der Waals surface area (Å²) in [6, 6.07) is 19.1. The van der Waals surface area contributed by atoms with Gasteiger partial charge in [-0.25, -0.2) is 26.9 Å².